The van der Waals surface area contributed by atoms with Crippen LogP contribution in [0.4, 0.5) is 10.6 Å². The number of nitrogens with zero attached hydrogens (tertiary/aromatic N) is 3. The molecule has 1 aromatic heterocycles. The van der Waals surface area contributed by atoms with Gasteiger partial charge in [-0.2, -0.15) is 0 Å². The summed E-state index contributed by atoms with van der Waals surface area (Å²) >= 11 is 0. The average Bonchev–Trinajstić information content (AvgIpc) is 2.60. The molecule has 2 amide bonds. The number of benzene rings is 1. The monoisotopic (exact) mass is 328 g/mol. The molecule has 0 radical (unpaired) electrons. The van der Waals surface area contributed by atoms with Gasteiger partial charge in [0.25, 0.3) is 0 Å². The topological polar surface area (TPSA) is 57.7 Å². The van der Waals surface area contributed by atoms with Crippen molar-refractivity contribution < 1.29 is 9.53 Å². The predicted molar refractivity (Wildman–Crippen MR) is 95.4 cm³/mol. The SMILES string of the molecule is CN(CCOc1ccccc1)C(=O)NCc1ccnc(N(C)C)c1. The van der Waals surface area contributed by atoms with E-state index in [4.69, 9.17) is 4.74 Å². The van der Waals surface area contributed by atoms with Crippen LogP contribution in [0.25, 0.3) is 0 Å². The average molecular weight is 328 g/mol. The Morgan fingerprint density at radius 3 is 2.62 bits per heavy atom. The molecule has 0 bridgehead atoms. The van der Waals surface area contributed by atoms with Crippen LogP contribution in [0.2, 0.25) is 0 Å². The van der Waals surface area contributed by atoms with Gasteiger partial charge in [0.15, 0.2) is 0 Å². The van der Waals surface area contributed by atoms with Crippen molar-refractivity contribution in [2.24, 2.45) is 0 Å². The molecule has 6 nitrogen and oxygen atoms in total. The summed E-state index contributed by atoms with van der Waals surface area (Å²) in [5.74, 6) is 1.67. The highest BCUT2D eigenvalue weighted by Gasteiger charge is 2.08. The molecule has 0 aliphatic carbocycles. The molecule has 0 aliphatic rings. The van der Waals surface area contributed by atoms with Crippen molar-refractivity contribution in [1.82, 2.24) is 15.2 Å². The third-order valence-electron chi connectivity index (χ3n) is 3.50. The van der Waals surface area contributed by atoms with E-state index in [0.717, 1.165) is 17.1 Å². The fourth-order valence-electron chi connectivity index (χ4n) is 2.05. The Morgan fingerprint density at radius 1 is 1.17 bits per heavy atom. The highest BCUT2D eigenvalue weighted by Crippen LogP contribution is 2.09. The fraction of sp³-hybridized carbons (Fsp3) is 0.333. The van der Waals surface area contributed by atoms with Crippen LogP contribution in [-0.4, -0.2) is 50.2 Å². The summed E-state index contributed by atoms with van der Waals surface area (Å²) in [4.78, 5) is 19.9. The van der Waals surface area contributed by atoms with Crippen LogP contribution in [0.3, 0.4) is 0 Å². The molecule has 0 unspecified atom stereocenters. The van der Waals surface area contributed by atoms with Gasteiger partial charge in [-0.15, -0.1) is 0 Å². The second kappa shape index (κ2) is 8.76. The molecule has 1 N–H and O–H groups in total. The maximum absolute atomic E-state index is 12.1. The Labute approximate surface area is 143 Å². The predicted octanol–water partition coefficient (Wildman–Crippen LogP) is 2.37. The first kappa shape index (κ1) is 17.6. The first-order valence-corrected chi connectivity index (χ1v) is 7.85. The minimum Gasteiger partial charge on any atom is -0.492 e. The molecule has 0 spiro atoms. The Kier molecular flexibility index (Phi) is 6.42. The molecule has 1 aromatic carbocycles. The number of ether oxygens (including phenoxy) is 1. The molecule has 6 heteroatoms. The van der Waals surface area contributed by atoms with Crippen molar-refractivity contribution in [3.05, 3.63) is 54.2 Å². The highest BCUT2D eigenvalue weighted by molar-refractivity contribution is 5.73. The van der Waals surface area contributed by atoms with Gasteiger partial charge in [-0.25, -0.2) is 9.78 Å². The molecule has 0 atom stereocenters. The maximum atomic E-state index is 12.1. The molecule has 2 aromatic rings. The highest BCUT2D eigenvalue weighted by atomic mass is 16.5. The van der Waals surface area contributed by atoms with E-state index in [1.54, 1.807) is 18.1 Å². The van der Waals surface area contributed by atoms with E-state index < -0.39 is 0 Å². The number of urea groups is 1. The van der Waals surface area contributed by atoms with Crippen LogP contribution in [0.5, 0.6) is 5.75 Å². The largest absolute Gasteiger partial charge is 0.492 e. The van der Waals surface area contributed by atoms with E-state index in [0.29, 0.717) is 19.7 Å². The molecule has 0 fully saturated rings. The van der Waals surface area contributed by atoms with Gasteiger partial charge in [-0.1, -0.05) is 18.2 Å². The van der Waals surface area contributed by atoms with Crippen molar-refractivity contribution in [1.29, 1.82) is 0 Å². The second-order valence-electron chi connectivity index (χ2n) is 5.66. The standard InChI is InChI=1S/C18H24N4O2/c1-21(2)17-13-15(9-10-19-17)14-20-18(23)22(3)11-12-24-16-7-5-4-6-8-16/h4-10,13H,11-12,14H2,1-3H3,(H,20,23). The molecule has 0 saturated heterocycles. The molecule has 128 valence electrons. The molecular weight excluding hydrogens is 304 g/mol. The van der Waals surface area contributed by atoms with Crippen molar-refractivity contribution in [2.75, 3.05) is 39.2 Å². The van der Waals surface area contributed by atoms with Gasteiger partial charge in [0.05, 0.1) is 6.54 Å². The van der Waals surface area contributed by atoms with Crippen molar-refractivity contribution in [3.8, 4) is 5.75 Å². The first-order chi connectivity index (χ1) is 11.6. The molecule has 1 heterocycles. The molecule has 0 saturated carbocycles. The Balaban J connectivity index is 1.74. The first-order valence-electron chi connectivity index (χ1n) is 7.85. The van der Waals surface area contributed by atoms with E-state index in [1.807, 2.05) is 61.5 Å². The summed E-state index contributed by atoms with van der Waals surface area (Å²) in [6.07, 6.45) is 1.74. The van der Waals surface area contributed by atoms with Crippen LogP contribution in [0, 0.1) is 0 Å². The maximum Gasteiger partial charge on any atom is 0.317 e. The van der Waals surface area contributed by atoms with Gasteiger partial charge in [-0.05, 0) is 29.8 Å². The number of hydrogen-bond donors (Lipinski definition) is 1. The minimum absolute atomic E-state index is 0.130. The number of aromatic nitrogens is 1. The van der Waals surface area contributed by atoms with E-state index >= 15 is 0 Å². The van der Waals surface area contributed by atoms with E-state index in [2.05, 4.69) is 10.3 Å². The number of anilines is 1. The molecule has 24 heavy (non-hydrogen) atoms. The summed E-state index contributed by atoms with van der Waals surface area (Å²) in [7, 11) is 5.62. The zero-order chi connectivity index (χ0) is 17.4. The number of hydrogen-bond acceptors (Lipinski definition) is 4. The lowest BCUT2D eigenvalue weighted by Gasteiger charge is -2.18. The summed E-state index contributed by atoms with van der Waals surface area (Å²) in [5.41, 5.74) is 1.01. The van der Waals surface area contributed by atoms with E-state index in [1.165, 1.54) is 0 Å². The van der Waals surface area contributed by atoms with Gasteiger partial charge in [0, 0.05) is 33.9 Å². The minimum atomic E-state index is -0.130. The number of carbonyl (C=O) groups excluding carboxylic acids is 1. The van der Waals surface area contributed by atoms with Gasteiger partial charge < -0.3 is 19.9 Å². The van der Waals surface area contributed by atoms with Crippen LogP contribution in [0.1, 0.15) is 5.56 Å². The van der Waals surface area contributed by atoms with E-state index in [-0.39, 0.29) is 6.03 Å². The lowest BCUT2D eigenvalue weighted by atomic mass is 10.2. The number of nitrogens with one attached hydrogen (secondary N) is 1. The van der Waals surface area contributed by atoms with Crippen LogP contribution in [0.15, 0.2) is 48.7 Å². The number of para-hydroxylation sites is 1. The Hall–Kier alpha value is -2.76. The van der Waals surface area contributed by atoms with Gasteiger partial charge in [-0.3, -0.25) is 0 Å². The third-order valence-corrected chi connectivity index (χ3v) is 3.50. The number of amides is 2. The summed E-state index contributed by atoms with van der Waals surface area (Å²) < 4.78 is 5.60. The quantitative estimate of drug-likeness (QED) is 0.848. The zero-order valence-corrected chi connectivity index (χ0v) is 14.4. The van der Waals surface area contributed by atoms with Crippen LogP contribution < -0.4 is 15.0 Å². The Morgan fingerprint density at radius 2 is 1.92 bits per heavy atom. The van der Waals surface area contributed by atoms with E-state index in [9.17, 15) is 4.79 Å². The normalized spacial score (nSPS) is 10.1. The molecule has 2 rings (SSSR count). The lowest BCUT2D eigenvalue weighted by molar-refractivity contribution is 0.195. The van der Waals surface area contributed by atoms with Crippen molar-refractivity contribution >= 4 is 11.8 Å². The lowest BCUT2D eigenvalue weighted by Crippen LogP contribution is -2.39. The van der Waals surface area contributed by atoms with Crippen molar-refractivity contribution in [3.63, 3.8) is 0 Å². The Bertz CT molecular complexity index is 646. The van der Waals surface area contributed by atoms with Gasteiger partial charge in [0.1, 0.15) is 18.2 Å². The number of carbonyl (C=O) groups is 1. The summed E-state index contributed by atoms with van der Waals surface area (Å²) in [6.45, 7) is 1.43. The van der Waals surface area contributed by atoms with Crippen molar-refractivity contribution in [2.45, 2.75) is 6.54 Å². The van der Waals surface area contributed by atoms with Crippen LogP contribution in [-0.2, 0) is 6.54 Å². The summed E-state index contributed by atoms with van der Waals surface area (Å²) in [5, 5.41) is 2.90. The molecule has 0 aliphatic heterocycles. The second-order valence-corrected chi connectivity index (χ2v) is 5.66. The van der Waals surface area contributed by atoms with Gasteiger partial charge in [0.2, 0.25) is 0 Å². The number of rotatable bonds is 7. The number of pyridine rings is 1. The summed E-state index contributed by atoms with van der Waals surface area (Å²) in [6, 6.07) is 13.3. The fourth-order valence-corrected chi connectivity index (χ4v) is 2.05. The van der Waals surface area contributed by atoms with Gasteiger partial charge >= 0.3 is 6.03 Å². The third kappa shape index (κ3) is 5.46. The zero-order valence-electron chi connectivity index (χ0n) is 14.4. The smallest absolute Gasteiger partial charge is 0.317 e. The van der Waals surface area contributed by atoms with Crippen LogP contribution >= 0.6 is 0 Å². The molecular formula is C18H24N4O2. The number of likely N-dealkylation sites (N-methyl/N-ethyl adjacent to an activating group) is 1.